The van der Waals surface area contributed by atoms with Crippen LogP contribution in [0.5, 0.6) is 0 Å². The Kier molecular flexibility index (Phi) is 7.42. The van der Waals surface area contributed by atoms with E-state index in [9.17, 15) is 17.6 Å². The number of anilines is 2. The lowest BCUT2D eigenvalue weighted by atomic mass is 9.90. The Morgan fingerprint density at radius 3 is 2.36 bits per heavy atom. The van der Waals surface area contributed by atoms with E-state index in [-0.39, 0.29) is 16.7 Å². The summed E-state index contributed by atoms with van der Waals surface area (Å²) in [6, 6.07) is 17.8. The van der Waals surface area contributed by atoms with Crippen LogP contribution in [0.3, 0.4) is 0 Å². The van der Waals surface area contributed by atoms with E-state index < -0.39 is 22.1 Å². The third-order valence-electron chi connectivity index (χ3n) is 8.41. The molecule has 0 bridgehead atoms. The quantitative estimate of drug-likeness (QED) is 0.331. The van der Waals surface area contributed by atoms with Gasteiger partial charge < -0.3 is 19.5 Å². The highest BCUT2D eigenvalue weighted by Crippen LogP contribution is 2.36. The van der Waals surface area contributed by atoms with E-state index in [4.69, 9.17) is 4.74 Å². The molecule has 2 N–H and O–H groups in total. The van der Waals surface area contributed by atoms with Crippen molar-refractivity contribution in [1.29, 1.82) is 0 Å². The fraction of sp³-hybridized carbons (Fsp3) is 0.323. The Hall–Kier alpha value is -3.93. The lowest BCUT2D eigenvalue weighted by Gasteiger charge is -2.34. The van der Waals surface area contributed by atoms with E-state index in [0.29, 0.717) is 17.6 Å². The molecule has 42 heavy (non-hydrogen) atoms. The molecule has 2 aliphatic heterocycles. The number of sulfonamides is 1. The summed E-state index contributed by atoms with van der Waals surface area (Å²) < 4.78 is 47.3. The number of rotatable bonds is 6. The van der Waals surface area contributed by atoms with Gasteiger partial charge in [-0.25, -0.2) is 12.8 Å². The molecule has 1 aromatic heterocycles. The summed E-state index contributed by atoms with van der Waals surface area (Å²) >= 11 is 0. The molecule has 3 heterocycles. The van der Waals surface area contributed by atoms with Crippen molar-refractivity contribution < 1.29 is 22.3 Å². The fourth-order valence-electron chi connectivity index (χ4n) is 5.89. The number of hydrogen-bond acceptors (Lipinski definition) is 7. The number of ether oxygens (including phenoxy) is 1. The van der Waals surface area contributed by atoms with Crippen LogP contribution in [-0.2, 0) is 26.0 Å². The van der Waals surface area contributed by atoms with Crippen LogP contribution in [0.4, 0.5) is 15.8 Å². The van der Waals surface area contributed by atoms with Crippen LogP contribution in [0.1, 0.15) is 22.9 Å². The number of fused-ring (bicyclic) bond motifs is 3. The topological polar surface area (TPSA) is 98.0 Å². The summed E-state index contributed by atoms with van der Waals surface area (Å²) in [6.07, 6.45) is 0.400. The van der Waals surface area contributed by atoms with Crippen molar-refractivity contribution in [2.75, 3.05) is 56.6 Å². The molecule has 2 unspecified atom stereocenters. The Balaban J connectivity index is 1.25. The number of likely N-dealkylation sites (N-methyl/N-ethyl adjacent to an activating group) is 1. The van der Waals surface area contributed by atoms with Gasteiger partial charge >= 0.3 is 5.97 Å². The van der Waals surface area contributed by atoms with Gasteiger partial charge in [-0.15, -0.1) is 0 Å². The lowest BCUT2D eigenvalue weighted by molar-refractivity contribution is -0.143. The van der Waals surface area contributed by atoms with Crippen molar-refractivity contribution in [2.45, 2.75) is 23.4 Å². The minimum absolute atomic E-state index is 0.219. The first-order valence-corrected chi connectivity index (χ1v) is 15.4. The molecule has 3 aromatic carbocycles. The number of nitrogens with zero attached hydrogens (tertiary/aromatic N) is 3. The van der Waals surface area contributed by atoms with E-state index in [1.54, 1.807) is 30.3 Å². The molecule has 11 heteroatoms. The molecule has 0 saturated carbocycles. The summed E-state index contributed by atoms with van der Waals surface area (Å²) in [6.45, 7) is 3.75. The van der Waals surface area contributed by atoms with Gasteiger partial charge in [0.2, 0.25) is 0 Å². The van der Waals surface area contributed by atoms with E-state index in [1.807, 2.05) is 24.3 Å². The van der Waals surface area contributed by atoms with E-state index in [2.05, 4.69) is 27.1 Å². The zero-order valence-corrected chi connectivity index (χ0v) is 24.6. The summed E-state index contributed by atoms with van der Waals surface area (Å²) in [4.78, 5) is 20.6. The van der Waals surface area contributed by atoms with Crippen molar-refractivity contribution >= 4 is 38.3 Å². The standard InChI is InChI=1S/C31H34FN5O4S/c1-35-14-16-37(17-15-35)23-9-11-24(12-10-23)42(39,40)36(2)22-7-4-20(5-8-22)29-30-26(19-28(34-29)31(38)41-3)25-13-6-21(32)18-27(25)33-30/h4-13,18,28-29,33-34H,14-17,19H2,1-3H3. The molecule has 0 amide bonds. The molecule has 9 nitrogen and oxygen atoms in total. The molecule has 220 valence electrons. The number of hydrogen-bond donors (Lipinski definition) is 2. The van der Waals surface area contributed by atoms with E-state index in [1.165, 1.54) is 30.6 Å². The molecular formula is C31H34FN5O4S. The van der Waals surface area contributed by atoms with Crippen LogP contribution in [0.15, 0.2) is 71.6 Å². The van der Waals surface area contributed by atoms with Gasteiger partial charge in [-0.1, -0.05) is 12.1 Å². The maximum Gasteiger partial charge on any atom is 0.323 e. The van der Waals surface area contributed by atoms with Gasteiger partial charge in [0.05, 0.1) is 23.7 Å². The number of halogens is 1. The molecule has 1 saturated heterocycles. The number of H-pyrrole nitrogens is 1. The Morgan fingerprint density at radius 2 is 1.69 bits per heavy atom. The molecule has 1 fully saturated rings. The fourth-order valence-corrected chi connectivity index (χ4v) is 7.08. The first-order chi connectivity index (χ1) is 20.2. The van der Waals surface area contributed by atoms with Gasteiger partial charge in [-0.3, -0.25) is 14.4 Å². The number of aromatic amines is 1. The van der Waals surface area contributed by atoms with Crippen molar-refractivity contribution in [3.63, 3.8) is 0 Å². The Bertz CT molecular complexity index is 1710. The number of benzene rings is 3. The van der Waals surface area contributed by atoms with Crippen LogP contribution in [0.2, 0.25) is 0 Å². The summed E-state index contributed by atoms with van der Waals surface area (Å²) in [5, 5.41) is 4.21. The third kappa shape index (κ3) is 5.12. The van der Waals surface area contributed by atoms with Gasteiger partial charge in [0.25, 0.3) is 10.0 Å². The second kappa shape index (κ2) is 11.0. The SMILES string of the molecule is COC(=O)C1Cc2c([nH]c3cc(F)ccc23)C(c2ccc(N(C)S(=O)(=O)c3ccc(N4CCN(C)CC4)cc3)cc2)N1. The first-order valence-electron chi connectivity index (χ1n) is 13.9. The maximum absolute atomic E-state index is 14.0. The number of carbonyl (C=O) groups is 1. The number of aromatic nitrogens is 1. The van der Waals surface area contributed by atoms with Crippen LogP contribution in [0.25, 0.3) is 10.9 Å². The normalized spacial score (nSPS) is 19.5. The Morgan fingerprint density at radius 1 is 1.00 bits per heavy atom. The van der Waals surface area contributed by atoms with Gasteiger partial charge in [-0.05, 0) is 72.8 Å². The average Bonchev–Trinajstić information content (AvgIpc) is 3.37. The van der Waals surface area contributed by atoms with Crippen molar-refractivity contribution in [3.05, 3.63) is 89.4 Å². The maximum atomic E-state index is 14.0. The average molecular weight is 592 g/mol. The highest BCUT2D eigenvalue weighted by atomic mass is 32.2. The van der Waals surface area contributed by atoms with Crippen LogP contribution < -0.4 is 14.5 Å². The summed E-state index contributed by atoms with van der Waals surface area (Å²) in [7, 11) is 1.20. The lowest BCUT2D eigenvalue weighted by Crippen LogP contribution is -2.45. The molecule has 0 spiro atoms. The minimum Gasteiger partial charge on any atom is -0.468 e. The van der Waals surface area contributed by atoms with Gasteiger partial charge in [-0.2, -0.15) is 0 Å². The number of esters is 1. The molecule has 2 aliphatic rings. The first kappa shape index (κ1) is 28.2. The summed E-state index contributed by atoms with van der Waals surface area (Å²) in [5.41, 5.74) is 4.75. The predicted octanol–water partition coefficient (Wildman–Crippen LogP) is 3.66. The predicted molar refractivity (Wildman–Crippen MR) is 161 cm³/mol. The smallest absolute Gasteiger partial charge is 0.323 e. The van der Waals surface area contributed by atoms with Crippen LogP contribution in [-0.4, -0.2) is 77.7 Å². The number of nitrogens with one attached hydrogen (secondary N) is 2. The van der Waals surface area contributed by atoms with Crippen LogP contribution in [0, 0.1) is 5.82 Å². The van der Waals surface area contributed by atoms with Crippen molar-refractivity contribution in [1.82, 2.24) is 15.2 Å². The second-order valence-electron chi connectivity index (χ2n) is 10.9. The molecule has 4 aromatic rings. The van der Waals surface area contributed by atoms with Gasteiger partial charge in [0.15, 0.2) is 0 Å². The van der Waals surface area contributed by atoms with E-state index >= 15 is 0 Å². The zero-order chi connectivity index (χ0) is 29.6. The van der Waals surface area contributed by atoms with Gasteiger partial charge in [0.1, 0.15) is 11.9 Å². The molecular weight excluding hydrogens is 557 g/mol. The van der Waals surface area contributed by atoms with Crippen LogP contribution >= 0.6 is 0 Å². The van der Waals surface area contributed by atoms with E-state index in [0.717, 1.165) is 54.1 Å². The molecule has 0 radical (unpaired) electrons. The molecule has 6 rings (SSSR count). The van der Waals surface area contributed by atoms with Gasteiger partial charge in [0, 0.05) is 61.9 Å². The monoisotopic (exact) mass is 591 g/mol. The Labute approximate surface area is 244 Å². The zero-order valence-electron chi connectivity index (χ0n) is 23.8. The third-order valence-corrected chi connectivity index (χ3v) is 10.2. The van der Waals surface area contributed by atoms with Crippen molar-refractivity contribution in [2.24, 2.45) is 0 Å². The van der Waals surface area contributed by atoms with Crippen molar-refractivity contribution in [3.8, 4) is 0 Å². The number of piperazine rings is 1. The number of carbonyl (C=O) groups excluding carboxylic acids is 1. The summed E-state index contributed by atoms with van der Waals surface area (Å²) in [5.74, 6) is -0.735. The molecule has 2 atom stereocenters. The number of methoxy groups -OCH3 is 1. The highest BCUT2D eigenvalue weighted by Gasteiger charge is 2.35. The largest absolute Gasteiger partial charge is 0.468 e. The highest BCUT2D eigenvalue weighted by molar-refractivity contribution is 7.92. The molecule has 0 aliphatic carbocycles. The minimum atomic E-state index is -3.79. The second-order valence-corrected chi connectivity index (χ2v) is 12.9.